The first-order valence-corrected chi connectivity index (χ1v) is 7.02. The molecule has 3 unspecified atom stereocenters. The number of rotatable bonds is 4. The van der Waals surface area contributed by atoms with Crippen LogP contribution >= 0.6 is 0 Å². The van der Waals surface area contributed by atoms with Gasteiger partial charge in [-0.3, -0.25) is 0 Å². The maximum Gasteiger partial charge on any atom is 0.326 e. The summed E-state index contributed by atoms with van der Waals surface area (Å²) in [5.41, 5.74) is 0. The Labute approximate surface area is 112 Å². The van der Waals surface area contributed by atoms with Crippen LogP contribution in [0.3, 0.4) is 0 Å². The highest BCUT2D eigenvalue weighted by Gasteiger charge is 2.43. The zero-order chi connectivity index (χ0) is 14.0. The van der Waals surface area contributed by atoms with Gasteiger partial charge in [0.25, 0.3) is 0 Å². The average molecular weight is 270 g/mol. The second-order valence-electron chi connectivity index (χ2n) is 5.55. The predicted octanol–water partition coefficient (Wildman–Crippen LogP) is 0.937. The van der Waals surface area contributed by atoms with Crippen molar-refractivity contribution in [3.05, 3.63) is 0 Å². The van der Waals surface area contributed by atoms with Gasteiger partial charge in [0.15, 0.2) is 0 Å². The third-order valence-electron chi connectivity index (χ3n) is 4.12. The number of piperidine rings is 1. The van der Waals surface area contributed by atoms with E-state index in [1.165, 1.54) is 0 Å². The number of hydrogen-bond acceptors (Lipinski definition) is 3. The minimum absolute atomic E-state index is 0.0600. The summed E-state index contributed by atoms with van der Waals surface area (Å²) in [6.45, 7) is 1.89. The van der Waals surface area contributed by atoms with Crippen molar-refractivity contribution in [3.8, 4) is 0 Å². The van der Waals surface area contributed by atoms with Crippen molar-refractivity contribution in [3.63, 3.8) is 0 Å². The number of carbonyl (C=O) groups is 2. The number of amides is 2. The molecule has 3 N–H and O–H groups in total. The fraction of sp³-hybridized carbons (Fsp3) is 0.846. The Kier molecular flexibility index (Phi) is 4.29. The van der Waals surface area contributed by atoms with Crippen molar-refractivity contribution in [2.24, 2.45) is 0 Å². The van der Waals surface area contributed by atoms with Crippen molar-refractivity contribution >= 4 is 12.0 Å². The number of nitrogens with zero attached hydrogens (tertiary/aromatic N) is 1. The van der Waals surface area contributed by atoms with E-state index < -0.39 is 12.0 Å². The molecule has 2 rings (SSSR count). The van der Waals surface area contributed by atoms with Gasteiger partial charge in [0.1, 0.15) is 6.04 Å². The van der Waals surface area contributed by atoms with Crippen LogP contribution in [0.2, 0.25) is 0 Å². The Morgan fingerprint density at radius 2 is 1.89 bits per heavy atom. The first-order valence-electron chi connectivity index (χ1n) is 7.02. The van der Waals surface area contributed by atoms with Crippen LogP contribution in [0.5, 0.6) is 0 Å². The molecule has 6 heteroatoms. The van der Waals surface area contributed by atoms with Crippen molar-refractivity contribution in [2.75, 3.05) is 0 Å². The number of urea groups is 1. The number of aliphatic hydroxyl groups excluding tert-OH is 1. The lowest BCUT2D eigenvalue weighted by atomic mass is 10.0. The molecule has 2 fully saturated rings. The molecule has 19 heavy (non-hydrogen) atoms. The van der Waals surface area contributed by atoms with Gasteiger partial charge in [-0.1, -0.05) is 13.3 Å². The molecule has 0 spiro atoms. The standard InChI is InChI=1S/C13H22N2O4/c1-2-3-11(12(17)18)14-13(19)15-8-4-5-9(15)7-10(16)6-8/h8-11,16H,2-7H2,1H3,(H,14,19)(H,17,18). The minimum atomic E-state index is -0.986. The minimum Gasteiger partial charge on any atom is -0.480 e. The van der Waals surface area contributed by atoms with Gasteiger partial charge in [0, 0.05) is 12.1 Å². The molecular weight excluding hydrogens is 248 g/mol. The topological polar surface area (TPSA) is 89.9 Å². The molecule has 2 aliphatic rings. The first-order chi connectivity index (χ1) is 9.02. The summed E-state index contributed by atoms with van der Waals surface area (Å²) < 4.78 is 0. The lowest BCUT2D eigenvalue weighted by Crippen LogP contribution is -2.55. The van der Waals surface area contributed by atoms with Crippen LogP contribution in [0.25, 0.3) is 0 Å². The molecule has 0 aromatic heterocycles. The zero-order valence-electron chi connectivity index (χ0n) is 11.2. The number of aliphatic hydroxyl groups is 1. The number of hydrogen-bond donors (Lipinski definition) is 3. The van der Waals surface area contributed by atoms with Gasteiger partial charge in [0.2, 0.25) is 0 Å². The highest BCUT2D eigenvalue weighted by Crippen LogP contribution is 2.35. The molecule has 2 heterocycles. The van der Waals surface area contributed by atoms with E-state index in [-0.39, 0.29) is 24.2 Å². The summed E-state index contributed by atoms with van der Waals surface area (Å²) in [5.74, 6) is -0.986. The summed E-state index contributed by atoms with van der Waals surface area (Å²) in [5, 5.41) is 21.4. The molecule has 2 bridgehead atoms. The van der Waals surface area contributed by atoms with E-state index >= 15 is 0 Å². The van der Waals surface area contributed by atoms with Crippen LogP contribution in [0.15, 0.2) is 0 Å². The van der Waals surface area contributed by atoms with Gasteiger partial charge in [-0.15, -0.1) is 0 Å². The molecule has 0 aromatic rings. The molecular formula is C13H22N2O4. The second-order valence-corrected chi connectivity index (χ2v) is 5.55. The zero-order valence-corrected chi connectivity index (χ0v) is 11.2. The number of aliphatic carboxylic acids is 1. The number of carboxylic acids is 1. The molecule has 2 saturated heterocycles. The summed E-state index contributed by atoms with van der Waals surface area (Å²) in [6.07, 6.45) is 3.84. The number of carboxylic acid groups (broad SMARTS) is 1. The molecule has 108 valence electrons. The molecule has 0 aliphatic carbocycles. The van der Waals surface area contributed by atoms with E-state index in [0.29, 0.717) is 25.7 Å². The summed E-state index contributed by atoms with van der Waals surface area (Å²) >= 11 is 0. The van der Waals surface area contributed by atoms with Crippen LogP contribution in [0, 0.1) is 0 Å². The number of nitrogens with one attached hydrogen (secondary N) is 1. The third kappa shape index (κ3) is 3.00. The molecule has 2 amide bonds. The fourth-order valence-electron chi connectivity index (χ4n) is 3.25. The Bertz CT molecular complexity index is 347. The summed E-state index contributed by atoms with van der Waals surface area (Å²) in [6, 6.07) is -0.987. The number of fused-ring (bicyclic) bond motifs is 2. The van der Waals surface area contributed by atoms with Crippen LogP contribution in [0.1, 0.15) is 45.4 Å². The SMILES string of the molecule is CCCC(NC(=O)N1C2CCC1CC(O)C2)C(=O)O. The van der Waals surface area contributed by atoms with Crippen LogP contribution < -0.4 is 5.32 Å². The maximum absolute atomic E-state index is 12.2. The Morgan fingerprint density at radius 1 is 1.32 bits per heavy atom. The average Bonchev–Trinajstić information content (AvgIpc) is 2.61. The highest BCUT2D eigenvalue weighted by atomic mass is 16.4. The van der Waals surface area contributed by atoms with Crippen molar-refractivity contribution < 1.29 is 19.8 Å². The molecule has 6 nitrogen and oxygen atoms in total. The lowest BCUT2D eigenvalue weighted by molar-refractivity contribution is -0.139. The monoisotopic (exact) mass is 270 g/mol. The quantitative estimate of drug-likeness (QED) is 0.709. The molecule has 0 saturated carbocycles. The summed E-state index contributed by atoms with van der Waals surface area (Å²) in [7, 11) is 0. The lowest BCUT2D eigenvalue weighted by Gasteiger charge is -2.37. The van der Waals surface area contributed by atoms with Crippen molar-refractivity contribution in [1.29, 1.82) is 0 Å². The van der Waals surface area contributed by atoms with E-state index in [4.69, 9.17) is 5.11 Å². The fourth-order valence-corrected chi connectivity index (χ4v) is 3.25. The summed E-state index contributed by atoms with van der Waals surface area (Å²) in [4.78, 5) is 25.0. The van der Waals surface area contributed by atoms with Crippen LogP contribution in [-0.4, -0.2) is 51.3 Å². The van der Waals surface area contributed by atoms with E-state index in [2.05, 4.69) is 5.32 Å². The van der Waals surface area contributed by atoms with Crippen molar-refractivity contribution in [1.82, 2.24) is 10.2 Å². The van der Waals surface area contributed by atoms with Gasteiger partial charge in [-0.2, -0.15) is 0 Å². The van der Waals surface area contributed by atoms with Gasteiger partial charge in [-0.25, -0.2) is 9.59 Å². The Hall–Kier alpha value is -1.30. The van der Waals surface area contributed by atoms with E-state index in [9.17, 15) is 14.7 Å². The van der Waals surface area contributed by atoms with Gasteiger partial charge in [-0.05, 0) is 32.1 Å². The predicted molar refractivity (Wildman–Crippen MR) is 68.8 cm³/mol. The van der Waals surface area contributed by atoms with Gasteiger partial charge >= 0.3 is 12.0 Å². The van der Waals surface area contributed by atoms with Crippen LogP contribution in [-0.2, 0) is 4.79 Å². The van der Waals surface area contributed by atoms with Crippen LogP contribution in [0.4, 0.5) is 4.79 Å². The van der Waals surface area contributed by atoms with E-state index in [1.54, 1.807) is 4.90 Å². The molecule has 0 aromatic carbocycles. The largest absolute Gasteiger partial charge is 0.480 e. The molecule has 2 aliphatic heterocycles. The second kappa shape index (κ2) is 5.77. The van der Waals surface area contributed by atoms with Crippen molar-refractivity contribution in [2.45, 2.75) is 69.7 Å². The Morgan fingerprint density at radius 3 is 2.37 bits per heavy atom. The smallest absolute Gasteiger partial charge is 0.326 e. The Balaban J connectivity index is 1.98. The molecule has 0 radical (unpaired) electrons. The van der Waals surface area contributed by atoms with E-state index in [1.807, 2.05) is 6.92 Å². The first kappa shape index (κ1) is 14.1. The van der Waals surface area contributed by atoms with Gasteiger partial charge < -0.3 is 20.4 Å². The normalized spacial score (nSPS) is 31.1. The number of carbonyl (C=O) groups excluding carboxylic acids is 1. The maximum atomic E-state index is 12.2. The molecule has 3 atom stereocenters. The van der Waals surface area contributed by atoms with E-state index in [0.717, 1.165) is 12.8 Å². The van der Waals surface area contributed by atoms with Gasteiger partial charge in [0.05, 0.1) is 6.10 Å². The highest BCUT2D eigenvalue weighted by molar-refractivity contribution is 5.83. The third-order valence-corrected chi connectivity index (χ3v) is 4.12.